The summed E-state index contributed by atoms with van der Waals surface area (Å²) in [5, 5.41) is 0. The van der Waals surface area contributed by atoms with Gasteiger partial charge in [0.15, 0.2) is 0 Å². The van der Waals surface area contributed by atoms with Crippen molar-refractivity contribution < 1.29 is 9.53 Å². The van der Waals surface area contributed by atoms with E-state index in [-0.39, 0.29) is 6.10 Å². The summed E-state index contributed by atoms with van der Waals surface area (Å²) >= 11 is 0. The van der Waals surface area contributed by atoms with E-state index in [0.29, 0.717) is 24.5 Å². The number of aromatic nitrogens is 1. The highest BCUT2D eigenvalue weighted by Crippen LogP contribution is 2.39. The number of carbonyl (C=O) groups excluding carboxylic acids is 1. The Morgan fingerprint density at radius 2 is 2.21 bits per heavy atom. The van der Waals surface area contributed by atoms with Crippen molar-refractivity contribution in [1.29, 1.82) is 0 Å². The summed E-state index contributed by atoms with van der Waals surface area (Å²) in [6.07, 6.45) is 9.61. The van der Waals surface area contributed by atoms with Crippen LogP contribution in [0.2, 0.25) is 0 Å². The predicted molar refractivity (Wildman–Crippen MR) is 91.8 cm³/mol. The maximum Gasteiger partial charge on any atom is 0.237 e. The molecule has 0 N–H and O–H groups in total. The molecule has 5 nitrogen and oxygen atoms in total. The number of rotatable bonds is 7. The van der Waals surface area contributed by atoms with Crippen LogP contribution in [-0.2, 0) is 4.79 Å². The topological polar surface area (TPSA) is 45.7 Å². The van der Waals surface area contributed by atoms with Crippen molar-refractivity contribution in [3.05, 3.63) is 24.5 Å². The zero-order chi connectivity index (χ0) is 16.5. The minimum atomic E-state index is 0.164. The van der Waals surface area contributed by atoms with Crippen molar-refractivity contribution in [2.75, 3.05) is 19.6 Å². The van der Waals surface area contributed by atoms with Crippen molar-refractivity contribution in [1.82, 2.24) is 14.8 Å². The van der Waals surface area contributed by atoms with E-state index in [1.807, 2.05) is 12.1 Å². The molecule has 0 spiro atoms. The van der Waals surface area contributed by atoms with E-state index in [4.69, 9.17) is 4.74 Å². The maximum atomic E-state index is 12.9. The molecule has 5 heteroatoms. The van der Waals surface area contributed by atoms with Gasteiger partial charge in [-0.1, -0.05) is 0 Å². The average molecular weight is 329 g/mol. The summed E-state index contributed by atoms with van der Waals surface area (Å²) < 4.78 is 5.97. The third-order valence-corrected chi connectivity index (χ3v) is 5.50. The maximum absolute atomic E-state index is 12.9. The van der Waals surface area contributed by atoms with Gasteiger partial charge in [-0.3, -0.25) is 14.7 Å². The lowest BCUT2D eigenvalue weighted by atomic mass is 10.1. The van der Waals surface area contributed by atoms with Crippen molar-refractivity contribution in [3.63, 3.8) is 0 Å². The number of pyridine rings is 1. The largest absolute Gasteiger partial charge is 0.487 e. The minimum Gasteiger partial charge on any atom is -0.487 e. The Morgan fingerprint density at radius 3 is 2.88 bits per heavy atom. The van der Waals surface area contributed by atoms with Crippen LogP contribution in [0, 0.1) is 5.92 Å². The molecule has 0 radical (unpaired) electrons. The zero-order valence-corrected chi connectivity index (χ0v) is 14.4. The molecule has 2 saturated carbocycles. The molecule has 130 valence electrons. The van der Waals surface area contributed by atoms with E-state index in [1.165, 1.54) is 25.7 Å². The number of amides is 1. The lowest BCUT2D eigenvalue weighted by molar-refractivity contribution is -0.135. The first kappa shape index (κ1) is 15.9. The Labute approximate surface area is 144 Å². The van der Waals surface area contributed by atoms with Crippen LogP contribution < -0.4 is 4.74 Å². The fraction of sp³-hybridized carbons (Fsp3) is 0.684. The van der Waals surface area contributed by atoms with Crippen molar-refractivity contribution >= 4 is 5.91 Å². The highest BCUT2D eigenvalue weighted by atomic mass is 16.5. The van der Waals surface area contributed by atoms with Crippen LogP contribution in [0.15, 0.2) is 24.5 Å². The Bertz CT molecular complexity index is 571. The highest BCUT2D eigenvalue weighted by molar-refractivity contribution is 5.79. The summed E-state index contributed by atoms with van der Waals surface area (Å²) in [5.74, 6) is 1.88. The third-order valence-electron chi connectivity index (χ3n) is 5.50. The summed E-state index contributed by atoms with van der Waals surface area (Å²) in [6, 6.07) is 4.76. The van der Waals surface area contributed by atoms with Crippen LogP contribution in [0.3, 0.4) is 0 Å². The first-order valence-electron chi connectivity index (χ1n) is 9.31. The predicted octanol–water partition coefficient (Wildman–Crippen LogP) is 2.32. The van der Waals surface area contributed by atoms with E-state index >= 15 is 0 Å². The van der Waals surface area contributed by atoms with Gasteiger partial charge in [-0.05, 0) is 57.1 Å². The standard InChI is InChI=1S/C19H27N3O2/c1-14(15-4-5-15)22(16-6-7-16)19(23)13-21-10-8-18(12-21)24-17-3-2-9-20-11-17/h2-3,9,11,14-16,18H,4-8,10,12-13H2,1H3/t14-,18+/m0/s1. The van der Waals surface area contributed by atoms with Gasteiger partial charge in [-0.2, -0.15) is 0 Å². The van der Waals surface area contributed by atoms with E-state index < -0.39 is 0 Å². The molecule has 3 fully saturated rings. The Balaban J connectivity index is 1.29. The fourth-order valence-corrected chi connectivity index (χ4v) is 3.84. The number of hydrogen-bond donors (Lipinski definition) is 0. The van der Waals surface area contributed by atoms with Gasteiger partial charge in [-0.15, -0.1) is 0 Å². The van der Waals surface area contributed by atoms with Crippen LogP contribution in [-0.4, -0.2) is 58.5 Å². The molecule has 3 aliphatic rings. The van der Waals surface area contributed by atoms with Gasteiger partial charge >= 0.3 is 0 Å². The third kappa shape index (κ3) is 3.72. The second-order valence-electron chi connectivity index (χ2n) is 7.56. The summed E-state index contributed by atoms with van der Waals surface area (Å²) in [7, 11) is 0. The Kier molecular flexibility index (Phi) is 4.44. The molecule has 1 aromatic heterocycles. The molecule has 0 bridgehead atoms. The molecule has 24 heavy (non-hydrogen) atoms. The molecule has 1 amide bonds. The minimum absolute atomic E-state index is 0.164. The molecule has 1 aliphatic heterocycles. The normalized spacial score (nSPS) is 25.5. The van der Waals surface area contributed by atoms with Crippen LogP contribution in [0.4, 0.5) is 0 Å². The second-order valence-corrected chi connectivity index (χ2v) is 7.56. The summed E-state index contributed by atoms with van der Waals surface area (Å²) in [6.45, 7) is 4.55. The number of hydrogen-bond acceptors (Lipinski definition) is 4. The summed E-state index contributed by atoms with van der Waals surface area (Å²) in [4.78, 5) is 21.4. The number of nitrogens with zero attached hydrogens (tertiary/aromatic N) is 3. The van der Waals surface area contributed by atoms with Crippen LogP contribution in [0.1, 0.15) is 39.0 Å². The lowest BCUT2D eigenvalue weighted by Crippen LogP contribution is -2.46. The SMILES string of the molecule is C[C@@H](C1CC1)N(C(=O)CN1CC[C@@H](Oc2cccnc2)C1)C1CC1. The zero-order valence-electron chi connectivity index (χ0n) is 14.4. The number of ether oxygens (including phenoxy) is 1. The van der Waals surface area contributed by atoms with Crippen molar-refractivity contribution in [2.24, 2.45) is 5.92 Å². The van der Waals surface area contributed by atoms with Gasteiger partial charge in [0, 0.05) is 31.4 Å². The molecular weight excluding hydrogens is 302 g/mol. The van der Waals surface area contributed by atoms with E-state index in [1.54, 1.807) is 12.4 Å². The smallest absolute Gasteiger partial charge is 0.237 e. The van der Waals surface area contributed by atoms with E-state index in [0.717, 1.165) is 31.2 Å². The first-order valence-corrected chi connectivity index (χ1v) is 9.31. The van der Waals surface area contributed by atoms with Gasteiger partial charge in [0.2, 0.25) is 5.91 Å². The van der Waals surface area contributed by atoms with Crippen molar-refractivity contribution in [3.8, 4) is 5.75 Å². The quantitative estimate of drug-likeness (QED) is 0.770. The van der Waals surface area contributed by atoms with Crippen LogP contribution in [0.5, 0.6) is 5.75 Å². The lowest BCUT2D eigenvalue weighted by Gasteiger charge is -2.31. The van der Waals surface area contributed by atoms with Gasteiger partial charge in [-0.25, -0.2) is 0 Å². The molecule has 0 aromatic carbocycles. The summed E-state index contributed by atoms with van der Waals surface area (Å²) in [5.41, 5.74) is 0. The molecule has 0 unspecified atom stereocenters. The number of likely N-dealkylation sites (tertiary alicyclic amines) is 1. The van der Waals surface area contributed by atoms with Crippen LogP contribution in [0.25, 0.3) is 0 Å². The molecule has 1 aromatic rings. The van der Waals surface area contributed by atoms with Crippen molar-refractivity contribution in [2.45, 2.75) is 57.2 Å². The van der Waals surface area contributed by atoms with Gasteiger partial charge in [0.1, 0.15) is 11.9 Å². The van der Waals surface area contributed by atoms with Gasteiger partial charge < -0.3 is 9.64 Å². The highest BCUT2D eigenvalue weighted by Gasteiger charge is 2.42. The molecule has 2 aliphatic carbocycles. The molecule has 4 rings (SSSR count). The van der Waals surface area contributed by atoms with Gasteiger partial charge in [0.25, 0.3) is 0 Å². The average Bonchev–Trinajstić information content (AvgIpc) is 3.48. The second kappa shape index (κ2) is 6.71. The van der Waals surface area contributed by atoms with E-state index in [9.17, 15) is 4.79 Å². The first-order chi connectivity index (χ1) is 11.7. The monoisotopic (exact) mass is 329 g/mol. The Hall–Kier alpha value is -1.62. The molecular formula is C19H27N3O2. The molecule has 2 heterocycles. The molecule has 2 atom stereocenters. The van der Waals surface area contributed by atoms with E-state index in [2.05, 4.69) is 21.7 Å². The fourth-order valence-electron chi connectivity index (χ4n) is 3.84. The Morgan fingerprint density at radius 1 is 1.38 bits per heavy atom. The molecule has 1 saturated heterocycles. The van der Waals surface area contributed by atoms with Crippen LogP contribution >= 0.6 is 0 Å². The van der Waals surface area contributed by atoms with Gasteiger partial charge in [0.05, 0.1) is 12.7 Å². The number of carbonyl (C=O) groups is 1.